The normalized spacial score (nSPS) is 24.6. The number of nitrogens with zero attached hydrogens (tertiary/aromatic N) is 1. The largest absolute Gasteiger partial charge is 0.367 e. The summed E-state index contributed by atoms with van der Waals surface area (Å²) >= 11 is 3.19. The lowest BCUT2D eigenvalue weighted by atomic mass is 9.83. The maximum absolute atomic E-state index is 13.6. The van der Waals surface area contributed by atoms with Crippen molar-refractivity contribution < 1.29 is 4.39 Å². The first-order chi connectivity index (χ1) is 8.09. The summed E-state index contributed by atoms with van der Waals surface area (Å²) in [7, 11) is 0. The van der Waals surface area contributed by atoms with E-state index in [9.17, 15) is 4.39 Å². The fourth-order valence-electron chi connectivity index (χ4n) is 2.11. The van der Waals surface area contributed by atoms with Gasteiger partial charge in [-0.3, -0.25) is 0 Å². The number of nitrogens with one attached hydrogen (secondary N) is 2. The Morgan fingerprint density at radius 2 is 2.47 bits per heavy atom. The molecule has 1 unspecified atom stereocenters. The summed E-state index contributed by atoms with van der Waals surface area (Å²) < 4.78 is 14.2. The van der Waals surface area contributed by atoms with Crippen LogP contribution in [-0.4, -0.2) is 24.6 Å². The van der Waals surface area contributed by atoms with Gasteiger partial charge in [-0.05, 0) is 46.8 Å². The lowest BCUT2D eigenvalue weighted by Gasteiger charge is -2.34. The number of piperidine rings is 1. The summed E-state index contributed by atoms with van der Waals surface area (Å²) in [5.74, 6) is 0.0201. The third-order valence-electron chi connectivity index (χ3n) is 3.18. The van der Waals surface area contributed by atoms with Gasteiger partial charge < -0.3 is 10.6 Å². The number of anilines is 1. The van der Waals surface area contributed by atoms with E-state index in [2.05, 4.69) is 38.5 Å². The standard InChI is InChI=1S/C12H17BrFN3/c1-12(3-2-4-15-7-12)8-17-11-10(14)5-9(13)6-16-11/h5-6,15H,2-4,7-8H2,1H3,(H,16,17). The average molecular weight is 302 g/mol. The van der Waals surface area contributed by atoms with Crippen molar-refractivity contribution in [2.75, 3.05) is 25.0 Å². The first-order valence-electron chi connectivity index (χ1n) is 5.85. The molecule has 1 fully saturated rings. The molecule has 1 aromatic rings. The zero-order valence-corrected chi connectivity index (χ0v) is 11.5. The molecule has 0 aliphatic carbocycles. The molecule has 0 spiro atoms. The van der Waals surface area contributed by atoms with Crippen LogP contribution in [0.2, 0.25) is 0 Å². The molecule has 2 N–H and O–H groups in total. The molecule has 1 aromatic heterocycles. The average Bonchev–Trinajstić information content (AvgIpc) is 2.29. The molecule has 94 valence electrons. The Kier molecular flexibility index (Phi) is 3.99. The smallest absolute Gasteiger partial charge is 0.166 e. The third-order valence-corrected chi connectivity index (χ3v) is 3.61. The molecule has 0 radical (unpaired) electrons. The van der Waals surface area contributed by atoms with Gasteiger partial charge in [-0.25, -0.2) is 9.37 Å². The Balaban J connectivity index is 1.97. The third kappa shape index (κ3) is 3.39. The van der Waals surface area contributed by atoms with Gasteiger partial charge in [0.05, 0.1) is 0 Å². The number of hydrogen-bond donors (Lipinski definition) is 2. The predicted molar refractivity (Wildman–Crippen MR) is 70.6 cm³/mol. The van der Waals surface area contributed by atoms with Crippen LogP contribution in [-0.2, 0) is 0 Å². The van der Waals surface area contributed by atoms with E-state index in [0.29, 0.717) is 10.3 Å². The van der Waals surface area contributed by atoms with Crippen LogP contribution in [0, 0.1) is 11.2 Å². The van der Waals surface area contributed by atoms with Gasteiger partial charge in [0, 0.05) is 23.8 Å². The van der Waals surface area contributed by atoms with Crippen molar-refractivity contribution in [2.24, 2.45) is 5.41 Å². The topological polar surface area (TPSA) is 37.0 Å². The Labute approximate surface area is 109 Å². The molecule has 3 nitrogen and oxygen atoms in total. The van der Waals surface area contributed by atoms with Crippen LogP contribution in [0.1, 0.15) is 19.8 Å². The summed E-state index contributed by atoms with van der Waals surface area (Å²) in [6.07, 6.45) is 3.94. The van der Waals surface area contributed by atoms with Gasteiger partial charge in [0.2, 0.25) is 0 Å². The van der Waals surface area contributed by atoms with Gasteiger partial charge in [0.15, 0.2) is 11.6 Å². The van der Waals surface area contributed by atoms with Crippen molar-refractivity contribution in [3.8, 4) is 0 Å². The van der Waals surface area contributed by atoms with Crippen LogP contribution < -0.4 is 10.6 Å². The molecular weight excluding hydrogens is 285 g/mol. The maximum Gasteiger partial charge on any atom is 0.166 e. The van der Waals surface area contributed by atoms with Gasteiger partial charge in [-0.15, -0.1) is 0 Å². The summed E-state index contributed by atoms with van der Waals surface area (Å²) in [6.45, 7) is 5.01. The van der Waals surface area contributed by atoms with Crippen molar-refractivity contribution in [3.63, 3.8) is 0 Å². The fourth-order valence-corrected chi connectivity index (χ4v) is 2.41. The Hall–Kier alpha value is -0.680. The second-order valence-corrected chi connectivity index (χ2v) is 5.84. The highest BCUT2D eigenvalue weighted by Crippen LogP contribution is 2.26. The number of rotatable bonds is 3. The molecule has 5 heteroatoms. The van der Waals surface area contributed by atoms with E-state index < -0.39 is 0 Å². The van der Waals surface area contributed by atoms with Crippen molar-refractivity contribution >= 4 is 21.7 Å². The van der Waals surface area contributed by atoms with Gasteiger partial charge in [-0.2, -0.15) is 0 Å². The van der Waals surface area contributed by atoms with Crippen LogP contribution in [0.3, 0.4) is 0 Å². The van der Waals surface area contributed by atoms with Crippen LogP contribution in [0.15, 0.2) is 16.7 Å². The van der Waals surface area contributed by atoms with E-state index in [1.54, 1.807) is 6.20 Å². The predicted octanol–water partition coefficient (Wildman–Crippen LogP) is 2.78. The molecule has 1 atom stereocenters. The minimum atomic E-state index is -0.313. The van der Waals surface area contributed by atoms with Crippen LogP contribution in [0.4, 0.5) is 10.2 Å². The quantitative estimate of drug-likeness (QED) is 0.901. The zero-order valence-electron chi connectivity index (χ0n) is 9.89. The van der Waals surface area contributed by atoms with Gasteiger partial charge in [0.25, 0.3) is 0 Å². The second kappa shape index (κ2) is 5.31. The second-order valence-electron chi connectivity index (χ2n) is 4.93. The highest BCUT2D eigenvalue weighted by molar-refractivity contribution is 9.10. The molecule has 1 saturated heterocycles. The molecule has 2 heterocycles. The van der Waals surface area contributed by atoms with E-state index >= 15 is 0 Å². The number of halogens is 2. The molecule has 0 aromatic carbocycles. The highest BCUT2D eigenvalue weighted by atomic mass is 79.9. The first kappa shape index (κ1) is 12.8. The first-order valence-corrected chi connectivity index (χ1v) is 6.64. The summed E-state index contributed by atoms with van der Waals surface area (Å²) in [5.41, 5.74) is 0.180. The van der Waals surface area contributed by atoms with Crippen LogP contribution in [0.25, 0.3) is 0 Å². The van der Waals surface area contributed by atoms with E-state index in [1.807, 2.05) is 0 Å². The Bertz CT molecular complexity index is 391. The number of pyridine rings is 1. The van der Waals surface area contributed by atoms with Crippen molar-refractivity contribution in [3.05, 3.63) is 22.6 Å². The Morgan fingerprint density at radius 1 is 1.65 bits per heavy atom. The van der Waals surface area contributed by atoms with Crippen molar-refractivity contribution in [1.82, 2.24) is 10.3 Å². The monoisotopic (exact) mass is 301 g/mol. The van der Waals surface area contributed by atoms with E-state index in [-0.39, 0.29) is 11.2 Å². The highest BCUT2D eigenvalue weighted by Gasteiger charge is 2.26. The molecule has 0 bridgehead atoms. The molecule has 1 aliphatic rings. The lowest BCUT2D eigenvalue weighted by Crippen LogP contribution is -2.42. The molecule has 0 amide bonds. The molecule has 1 aliphatic heterocycles. The molecule has 17 heavy (non-hydrogen) atoms. The van der Waals surface area contributed by atoms with Gasteiger partial charge in [0.1, 0.15) is 0 Å². The van der Waals surface area contributed by atoms with Gasteiger partial charge >= 0.3 is 0 Å². The minimum absolute atomic E-state index is 0.180. The zero-order chi connectivity index (χ0) is 12.3. The summed E-state index contributed by atoms with van der Waals surface area (Å²) in [4.78, 5) is 4.04. The van der Waals surface area contributed by atoms with E-state index in [1.165, 1.54) is 12.5 Å². The summed E-state index contributed by atoms with van der Waals surface area (Å²) in [5, 5.41) is 6.48. The van der Waals surface area contributed by atoms with E-state index in [0.717, 1.165) is 26.1 Å². The van der Waals surface area contributed by atoms with E-state index in [4.69, 9.17) is 0 Å². The van der Waals surface area contributed by atoms with Gasteiger partial charge in [-0.1, -0.05) is 6.92 Å². The molecule has 0 saturated carbocycles. The lowest BCUT2D eigenvalue weighted by molar-refractivity contribution is 0.253. The van der Waals surface area contributed by atoms with Crippen molar-refractivity contribution in [1.29, 1.82) is 0 Å². The minimum Gasteiger partial charge on any atom is -0.367 e. The SMILES string of the molecule is CC1(CNc2ncc(Br)cc2F)CCCNC1. The molecule has 2 rings (SSSR count). The fraction of sp³-hybridized carbons (Fsp3) is 0.583. The molecular formula is C12H17BrFN3. The maximum atomic E-state index is 13.6. The number of aromatic nitrogens is 1. The van der Waals surface area contributed by atoms with Crippen molar-refractivity contribution in [2.45, 2.75) is 19.8 Å². The van der Waals surface area contributed by atoms with Crippen LogP contribution >= 0.6 is 15.9 Å². The summed E-state index contributed by atoms with van der Waals surface area (Å²) in [6, 6.07) is 1.43. The van der Waals surface area contributed by atoms with Crippen LogP contribution in [0.5, 0.6) is 0 Å². The number of hydrogen-bond acceptors (Lipinski definition) is 3. The Morgan fingerprint density at radius 3 is 3.12 bits per heavy atom.